The van der Waals surface area contributed by atoms with E-state index in [4.69, 9.17) is 16.2 Å². The smallest absolute Gasteiger partial charge is 0.280 e. The predicted molar refractivity (Wildman–Crippen MR) is 100 cm³/mol. The molecule has 0 unspecified atom stereocenters. The van der Waals surface area contributed by atoms with Crippen LogP contribution in [0.1, 0.15) is 34.3 Å². The number of nitrogens with zero attached hydrogens (tertiary/aromatic N) is 1. The lowest BCUT2D eigenvalue weighted by Gasteiger charge is -2.35. The number of aliphatic imine (C=N–C) groups is 1. The Morgan fingerprint density at radius 2 is 1.68 bits per heavy atom. The van der Waals surface area contributed by atoms with Gasteiger partial charge in [-0.3, -0.25) is 4.79 Å². The summed E-state index contributed by atoms with van der Waals surface area (Å²) < 4.78 is 5.59. The average Bonchev–Trinajstić information content (AvgIpc) is 2.85. The number of hydrogen-bond acceptors (Lipinski definition) is 2. The van der Waals surface area contributed by atoms with E-state index in [9.17, 15) is 4.79 Å². The van der Waals surface area contributed by atoms with E-state index < -0.39 is 5.91 Å². The Kier molecular flexibility index (Phi) is 4.54. The molecule has 2 aliphatic rings. The molecule has 1 aliphatic carbocycles. The Morgan fingerprint density at radius 3 is 2.40 bits per heavy atom. The first kappa shape index (κ1) is 17.5. The van der Waals surface area contributed by atoms with Gasteiger partial charge in [-0.25, -0.2) is 0 Å². The summed E-state index contributed by atoms with van der Waals surface area (Å²) in [6.45, 7) is 1.44. The zero-order valence-corrected chi connectivity index (χ0v) is 14.5. The summed E-state index contributed by atoms with van der Waals surface area (Å²) in [6, 6.07) is 14.2. The first-order valence-electron chi connectivity index (χ1n) is 8.08. The molecule has 4 N–H and O–H groups in total. The van der Waals surface area contributed by atoms with E-state index in [0.717, 1.165) is 26.1 Å². The minimum absolute atomic E-state index is 0. The quantitative estimate of drug-likeness (QED) is 0.606. The molecule has 6 heteroatoms. The second kappa shape index (κ2) is 6.50. The molecule has 0 radical (unpaired) electrons. The van der Waals surface area contributed by atoms with Gasteiger partial charge in [0.15, 0.2) is 5.96 Å². The van der Waals surface area contributed by atoms with Crippen LogP contribution >= 0.6 is 12.4 Å². The molecule has 0 saturated carbocycles. The van der Waals surface area contributed by atoms with Gasteiger partial charge in [-0.1, -0.05) is 30.3 Å². The molecule has 1 fully saturated rings. The van der Waals surface area contributed by atoms with Crippen molar-refractivity contribution < 1.29 is 9.53 Å². The topological polar surface area (TPSA) is 90.7 Å². The number of halogens is 1. The largest absolute Gasteiger partial charge is 0.381 e. The maximum atomic E-state index is 12.2. The van der Waals surface area contributed by atoms with Crippen molar-refractivity contribution in [3.05, 3.63) is 59.2 Å². The minimum Gasteiger partial charge on any atom is -0.381 e. The fourth-order valence-electron chi connectivity index (χ4n) is 4.03. The third-order valence-corrected chi connectivity index (χ3v) is 5.09. The lowest BCUT2D eigenvalue weighted by molar-refractivity contribution is 0.0644. The first-order chi connectivity index (χ1) is 11.6. The van der Waals surface area contributed by atoms with Gasteiger partial charge in [-0.05, 0) is 47.2 Å². The van der Waals surface area contributed by atoms with Gasteiger partial charge in [0.1, 0.15) is 0 Å². The zero-order valence-electron chi connectivity index (χ0n) is 13.7. The molecular formula is C19H20ClN3O2. The average molecular weight is 358 g/mol. The van der Waals surface area contributed by atoms with E-state index in [1.807, 2.05) is 12.1 Å². The zero-order chi connectivity index (χ0) is 16.7. The number of guanidine groups is 1. The Bertz CT molecular complexity index is 853. The second-order valence-corrected chi connectivity index (χ2v) is 6.34. The molecule has 2 aromatic carbocycles. The van der Waals surface area contributed by atoms with Crippen molar-refractivity contribution in [1.82, 2.24) is 0 Å². The number of rotatable bonds is 1. The van der Waals surface area contributed by atoms with E-state index in [1.54, 1.807) is 6.07 Å². The van der Waals surface area contributed by atoms with Crippen LogP contribution in [0.25, 0.3) is 11.1 Å². The number of carbonyl (C=O) groups excluding carboxylic acids is 1. The molecular weight excluding hydrogens is 338 g/mol. The minimum atomic E-state index is -0.407. The van der Waals surface area contributed by atoms with Gasteiger partial charge in [-0.2, -0.15) is 4.99 Å². The fourth-order valence-corrected chi connectivity index (χ4v) is 4.03. The second-order valence-electron chi connectivity index (χ2n) is 6.34. The highest BCUT2D eigenvalue weighted by Gasteiger charge is 2.44. The van der Waals surface area contributed by atoms with Crippen molar-refractivity contribution in [2.45, 2.75) is 18.3 Å². The van der Waals surface area contributed by atoms with Gasteiger partial charge in [0.25, 0.3) is 5.91 Å². The maximum absolute atomic E-state index is 12.2. The van der Waals surface area contributed by atoms with Crippen LogP contribution in [0.4, 0.5) is 0 Å². The van der Waals surface area contributed by atoms with Gasteiger partial charge < -0.3 is 16.2 Å². The Labute approximate surface area is 152 Å². The summed E-state index contributed by atoms with van der Waals surface area (Å²) >= 11 is 0. The normalized spacial score (nSPS) is 16.5. The number of hydrogen-bond donors (Lipinski definition) is 2. The van der Waals surface area contributed by atoms with Crippen LogP contribution in [0.15, 0.2) is 47.5 Å². The third kappa shape index (κ3) is 2.69. The van der Waals surface area contributed by atoms with Gasteiger partial charge in [0.05, 0.1) is 0 Å². The number of fused-ring (bicyclic) bond motifs is 5. The highest BCUT2D eigenvalue weighted by atomic mass is 35.5. The molecule has 130 valence electrons. The summed E-state index contributed by atoms with van der Waals surface area (Å²) in [5.74, 6) is -0.625. The summed E-state index contributed by atoms with van der Waals surface area (Å²) in [7, 11) is 0. The van der Waals surface area contributed by atoms with E-state index in [2.05, 4.69) is 29.3 Å². The summed E-state index contributed by atoms with van der Waals surface area (Å²) in [5.41, 5.74) is 16.1. The van der Waals surface area contributed by atoms with Crippen molar-refractivity contribution in [2.24, 2.45) is 16.5 Å². The van der Waals surface area contributed by atoms with Crippen LogP contribution in [0, 0.1) is 0 Å². The van der Waals surface area contributed by atoms with Crippen LogP contribution in [0.3, 0.4) is 0 Å². The summed E-state index contributed by atoms with van der Waals surface area (Å²) in [6.07, 6.45) is 1.83. The monoisotopic (exact) mass is 357 g/mol. The van der Waals surface area contributed by atoms with Crippen LogP contribution in [-0.4, -0.2) is 25.1 Å². The van der Waals surface area contributed by atoms with Gasteiger partial charge in [0, 0.05) is 24.2 Å². The van der Waals surface area contributed by atoms with Gasteiger partial charge in [-0.15, -0.1) is 12.4 Å². The number of carbonyl (C=O) groups is 1. The molecule has 4 rings (SSSR count). The highest BCUT2D eigenvalue weighted by Crippen LogP contribution is 2.53. The number of benzene rings is 2. The summed E-state index contributed by atoms with van der Waals surface area (Å²) in [4.78, 5) is 15.9. The molecule has 25 heavy (non-hydrogen) atoms. The third-order valence-electron chi connectivity index (χ3n) is 5.09. The summed E-state index contributed by atoms with van der Waals surface area (Å²) in [5, 5.41) is 0. The van der Waals surface area contributed by atoms with Crippen molar-refractivity contribution in [1.29, 1.82) is 0 Å². The molecule has 1 saturated heterocycles. The van der Waals surface area contributed by atoms with Gasteiger partial charge >= 0.3 is 0 Å². The van der Waals surface area contributed by atoms with Crippen LogP contribution < -0.4 is 11.5 Å². The molecule has 1 spiro atoms. The lowest BCUT2D eigenvalue weighted by atomic mass is 9.72. The predicted octanol–water partition coefficient (Wildman–Crippen LogP) is 2.60. The van der Waals surface area contributed by atoms with E-state index in [1.165, 1.54) is 22.3 Å². The van der Waals surface area contributed by atoms with E-state index >= 15 is 0 Å². The first-order valence-corrected chi connectivity index (χ1v) is 8.08. The van der Waals surface area contributed by atoms with Crippen molar-refractivity contribution >= 4 is 24.3 Å². The molecule has 1 amide bonds. The van der Waals surface area contributed by atoms with E-state index in [0.29, 0.717) is 5.56 Å². The van der Waals surface area contributed by atoms with Crippen LogP contribution in [-0.2, 0) is 10.2 Å². The van der Waals surface area contributed by atoms with Crippen molar-refractivity contribution in [3.8, 4) is 11.1 Å². The Morgan fingerprint density at radius 1 is 1.00 bits per heavy atom. The molecule has 1 heterocycles. The number of amides is 1. The Balaban J connectivity index is 0.00000182. The van der Waals surface area contributed by atoms with E-state index in [-0.39, 0.29) is 23.8 Å². The van der Waals surface area contributed by atoms with Crippen LogP contribution in [0.5, 0.6) is 0 Å². The van der Waals surface area contributed by atoms with Gasteiger partial charge in [0.2, 0.25) is 0 Å². The SMILES string of the molecule is Cl.NC(N)=NC(=O)c1ccc2c(c1)C1(CCOCC1)c1ccccc1-2. The molecule has 1 aliphatic heterocycles. The molecule has 5 nitrogen and oxygen atoms in total. The Hall–Kier alpha value is -2.37. The lowest BCUT2D eigenvalue weighted by Crippen LogP contribution is -2.33. The number of ether oxygens (including phenoxy) is 1. The van der Waals surface area contributed by atoms with Crippen LogP contribution in [0.2, 0.25) is 0 Å². The fraction of sp³-hybridized carbons (Fsp3) is 0.263. The maximum Gasteiger partial charge on any atom is 0.280 e. The molecule has 0 bridgehead atoms. The number of nitrogens with two attached hydrogens (primary N) is 2. The molecule has 0 aromatic heterocycles. The standard InChI is InChI=1S/C19H19N3O2.ClH/c20-18(21)22-17(23)12-5-6-14-13-3-1-2-4-15(13)19(16(14)11-12)7-9-24-10-8-19;/h1-6,11H,7-10H2,(H4,20,21,22,23);1H. The van der Waals surface area contributed by atoms with Crippen molar-refractivity contribution in [3.63, 3.8) is 0 Å². The van der Waals surface area contributed by atoms with Crippen molar-refractivity contribution in [2.75, 3.05) is 13.2 Å². The molecule has 0 atom stereocenters. The molecule has 2 aromatic rings. The highest BCUT2D eigenvalue weighted by molar-refractivity contribution is 6.02.